The van der Waals surface area contributed by atoms with E-state index in [1.807, 2.05) is 33.3 Å². The molecule has 4 saturated heterocycles. The van der Waals surface area contributed by atoms with Crippen molar-refractivity contribution in [3.8, 4) is 35.2 Å². The average molecular weight is 1360 g/mol. The smallest absolute Gasteiger partial charge is 0.411 e. The lowest BCUT2D eigenvalue weighted by Gasteiger charge is -2.47. The second-order valence-corrected chi connectivity index (χ2v) is 28.6. The summed E-state index contributed by atoms with van der Waals surface area (Å²) < 4.78 is 78.0. The molecule has 0 saturated carbocycles. The molecule has 7 rings (SSSR count). The number of anilines is 1. The molecule has 0 radical (unpaired) electrons. The maximum absolute atomic E-state index is 15.6. The Balaban J connectivity index is 1.27. The van der Waals surface area contributed by atoms with Crippen LogP contribution in [0, 0.1) is 23.7 Å². The molecule has 31 heteroatoms. The third-order valence-corrected chi connectivity index (χ3v) is 22.5. The fourth-order valence-corrected chi connectivity index (χ4v) is 16.6. The average Bonchev–Trinajstić information content (AvgIpc) is 0.759. The number of ether oxygens (including phenoxy) is 13. The van der Waals surface area contributed by atoms with Gasteiger partial charge in [-0.15, -0.1) is 0 Å². The Morgan fingerprint density at radius 1 is 0.844 bits per heavy atom. The number of carbonyl (C=O) groups is 4. The number of ketones is 1. The van der Waals surface area contributed by atoms with Gasteiger partial charge in [-0.1, -0.05) is 71.8 Å². The summed E-state index contributed by atoms with van der Waals surface area (Å²) in [5.41, 5.74) is -0.959. The van der Waals surface area contributed by atoms with Gasteiger partial charge in [-0.2, -0.15) is 17.2 Å². The zero-order valence-corrected chi connectivity index (χ0v) is 55.9. The van der Waals surface area contributed by atoms with E-state index in [4.69, 9.17) is 66.4 Å². The third-order valence-electron chi connectivity index (χ3n) is 15.3. The third kappa shape index (κ3) is 17.9. The van der Waals surface area contributed by atoms with Gasteiger partial charge in [0, 0.05) is 61.4 Å². The number of esters is 1. The van der Waals surface area contributed by atoms with Crippen LogP contribution in [0.2, 0.25) is 0 Å². The molecule has 90 heavy (non-hydrogen) atoms. The van der Waals surface area contributed by atoms with Crippen LogP contribution in [0.25, 0.3) is 0 Å². The number of amides is 2. The number of rotatable bonds is 26. The van der Waals surface area contributed by atoms with Crippen molar-refractivity contribution in [3.05, 3.63) is 65.1 Å². The lowest BCUT2D eigenvalue weighted by Crippen LogP contribution is -2.65. The van der Waals surface area contributed by atoms with Crippen molar-refractivity contribution in [2.75, 3.05) is 65.7 Å². The predicted molar refractivity (Wildman–Crippen MR) is 337 cm³/mol. The van der Waals surface area contributed by atoms with Crippen LogP contribution in [-0.2, 0) is 66.5 Å². The number of hydrogen-bond donors (Lipinski definition) is 8. The molecule has 4 fully saturated rings. The maximum Gasteiger partial charge on any atom is 0.411 e. The summed E-state index contributed by atoms with van der Waals surface area (Å²) in [4.78, 5) is 62.6. The number of allylic oxidation sites excluding steroid dienone is 2. The quantitative estimate of drug-likeness (QED) is 0.0123. The SMILES string of the molecule is C=C(OC)C(=O)Nc1cc(OC)c(OC)cc1C(=O)OC1CC(OC2C(=O)C(NC(=O)OC)=C3/C(=C\CSSSSC)[C@]2(O)C#CC=CC#C[C@@H]3OC2OC(C)C(NOC3CC(O)C(SC)C(C)O3)C(O)C2OC2CC(OC)C(NC(C)C)CO2)OC(C)C1O. The van der Waals surface area contributed by atoms with Crippen LogP contribution in [0.3, 0.4) is 0 Å². The molecule has 1 aromatic rings. The number of fused-ring (bicyclic) bond motifs is 2. The van der Waals surface area contributed by atoms with Gasteiger partial charge in [0.2, 0.25) is 5.78 Å². The first kappa shape index (κ1) is 73.1. The number of hydroxylamine groups is 1. The first-order valence-corrected chi connectivity index (χ1v) is 35.3. The summed E-state index contributed by atoms with van der Waals surface area (Å²) in [5, 5.41) is 56.9. The number of aliphatic hydroxyl groups excluding tert-OH is 3. The van der Waals surface area contributed by atoms with Crippen molar-refractivity contribution in [3.63, 3.8) is 0 Å². The van der Waals surface area contributed by atoms with Gasteiger partial charge >= 0.3 is 12.1 Å². The molecule has 19 atom stereocenters. The lowest BCUT2D eigenvalue weighted by atomic mass is 9.73. The summed E-state index contributed by atoms with van der Waals surface area (Å²) in [6.45, 7) is 12.6. The van der Waals surface area contributed by atoms with Crippen LogP contribution in [0.5, 0.6) is 11.5 Å². The minimum atomic E-state index is -2.67. The van der Waals surface area contributed by atoms with Crippen molar-refractivity contribution < 1.29 is 106 Å². The van der Waals surface area contributed by atoms with Crippen molar-refractivity contribution in [2.45, 2.75) is 175 Å². The van der Waals surface area contributed by atoms with Crippen molar-refractivity contribution >= 4 is 82.4 Å². The number of Topliss-reactive ketones (excluding diaryl/α,β-unsaturated/α-hetero) is 1. The summed E-state index contributed by atoms with van der Waals surface area (Å²) in [6.07, 6.45) is -11.7. The lowest BCUT2D eigenvalue weighted by molar-refractivity contribution is -0.336. The molecule has 4 aliphatic heterocycles. The van der Waals surface area contributed by atoms with Gasteiger partial charge in [0.05, 0.1) is 99.8 Å². The highest BCUT2D eigenvalue weighted by molar-refractivity contribution is 9.26. The molecule has 0 aromatic heterocycles. The van der Waals surface area contributed by atoms with Gasteiger partial charge in [0.25, 0.3) is 5.91 Å². The number of carbonyl (C=O) groups excluding carboxylic acids is 4. The Morgan fingerprint density at radius 2 is 1.56 bits per heavy atom. The van der Waals surface area contributed by atoms with Crippen LogP contribution in [0.15, 0.2) is 59.5 Å². The Morgan fingerprint density at radius 3 is 2.22 bits per heavy atom. The van der Waals surface area contributed by atoms with E-state index < -0.39 is 134 Å². The zero-order valence-electron chi connectivity index (χ0n) is 51.8. The van der Waals surface area contributed by atoms with Gasteiger partial charge in [0.15, 0.2) is 54.1 Å². The fraction of sp³-hybridized carbons (Fsp3) is 0.627. The van der Waals surface area contributed by atoms with Crippen molar-refractivity contribution in [2.24, 2.45) is 0 Å². The van der Waals surface area contributed by atoms with Crippen molar-refractivity contribution in [1.29, 1.82) is 0 Å². The number of alkyl carbamates (subject to hydrolysis) is 1. The van der Waals surface area contributed by atoms with Crippen LogP contribution >= 0.6 is 53.0 Å². The normalized spacial score (nSPS) is 33.8. The summed E-state index contributed by atoms with van der Waals surface area (Å²) in [6, 6.07) is 1.39. The Labute approximate surface area is 542 Å². The number of methoxy groups -OCH3 is 5. The van der Waals surface area contributed by atoms with Crippen LogP contribution in [0.4, 0.5) is 10.5 Å². The summed E-state index contributed by atoms with van der Waals surface area (Å²) in [7, 11) is 12.3. The molecular weight excluding hydrogens is 1280 g/mol. The fourth-order valence-electron chi connectivity index (χ4n) is 10.8. The van der Waals surface area contributed by atoms with E-state index in [0.29, 0.717) is 0 Å². The van der Waals surface area contributed by atoms with Gasteiger partial charge in [0.1, 0.15) is 30.5 Å². The van der Waals surface area contributed by atoms with Gasteiger partial charge < -0.3 is 92.6 Å². The first-order valence-electron chi connectivity index (χ1n) is 28.6. The van der Waals surface area contributed by atoms with E-state index in [1.165, 1.54) is 106 Å². The van der Waals surface area contributed by atoms with Gasteiger partial charge in [-0.3, -0.25) is 19.7 Å². The summed E-state index contributed by atoms with van der Waals surface area (Å²) in [5.74, 6) is 8.62. The minimum Gasteiger partial charge on any atom is -0.493 e. The molecule has 4 heterocycles. The van der Waals surface area contributed by atoms with E-state index in [1.54, 1.807) is 20.1 Å². The molecule has 2 amide bonds. The van der Waals surface area contributed by atoms with Crippen LogP contribution < -0.4 is 30.9 Å². The van der Waals surface area contributed by atoms with E-state index in [9.17, 15) is 34.8 Å². The van der Waals surface area contributed by atoms with Gasteiger partial charge in [-0.25, -0.2) is 9.59 Å². The number of benzene rings is 1. The molecular formula is C59H80N4O22S5. The highest BCUT2D eigenvalue weighted by Crippen LogP contribution is 2.46. The second-order valence-electron chi connectivity index (χ2n) is 21.5. The van der Waals surface area contributed by atoms with E-state index in [-0.39, 0.29) is 88.3 Å². The highest BCUT2D eigenvalue weighted by atomic mass is 33.7. The number of thioether (sulfide) groups is 1. The van der Waals surface area contributed by atoms with E-state index in [0.717, 1.165) is 7.11 Å². The standard InChI is InChI=1S/C59H80N4O22S5/c1-28(2)60-36-27-77-43(25-39(36)73-8)83-52-50(66)47(63-85-45-24-37(64)53(86-12)31(5)79-45)29(3)80-57(52)82-38-18-16-14-15-17-20-59(71)34(19-21-88-90-89-87-13)46(38)48(62-58(70)76-11)51(67)54(59)84-44-26-42(49(65)30(4)78-44)81-56(69)33-22-40(74-9)41(75-10)23-35(33)61-55(68)32(6)72-7/h14-15,19,22-23,28-31,36-39,42-45,47,49-50,52-54,57,60,63-66,71H,6,21,24-27H2,1-5,7-13H3,(H,61,68)(H,62,70)/b15-14?,34-19+/t29?,30?,31?,36?,37?,38-,39?,42?,43?,44?,45?,47?,49?,50?,52?,53?,54?,57?,59+/m0/s1. The van der Waals surface area contributed by atoms with Crippen molar-refractivity contribution in [1.82, 2.24) is 16.1 Å². The topological polar surface area (TPSA) is 327 Å². The Bertz CT molecular complexity index is 2910. The molecule has 17 unspecified atom stereocenters. The number of aliphatic hydroxyl groups is 4. The second kappa shape index (κ2) is 34.2. The number of hydrogen-bond acceptors (Lipinski definition) is 29. The first-order chi connectivity index (χ1) is 43.0. The van der Waals surface area contributed by atoms with Crippen LogP contribution in [-0.4, -0.2) is 226 Å². The van der Waals surface area contributed by atoms with E-state index >= 15 is 4.79 Å². The molecule has 498 valence electrons. The highest BCUT2D eigenvalue weighted by Gasteiger charge is 2.57. The Kier molecular flexibility index (Phi) is 27.8. The molecule has 2 bridgehead atoms. The Hall–Kier alpha value is -4.27. The molecule has 26 nitrogen and oxygen atoms in total. The van der Waals surface area contributed by atoms with E-state index in [2.05, 4.69) is 51.7 Å². The number of nitrogens with one attached hydrogen (secondary N) is 4. The zero-order chi connectivity index (χ0) is 65.6. The largest absolute Gasteiger partial charge is 0.493 e. The predicted octanol–water partition coefficient (Wildman–Crippen LogP) is 4.06. The maximum atomic E-state index is 15.6. The van der Waals surface area contributed by atoms with Gasteiger partial charge in [-0.05, 0) is 65.1 Å². The molecule has 8 N–H and O–H groups in total. The molecule has 0 spiro atoms. The monoisotopic (exact) mass is 1360 g/mol. The molecule has 1 aromatic carbocycles. The van der Waals surface area contributed by atoms with Crippen LogP contribution in [0.1, 0.15) is 64.2 Å². The minimum absolute atomic E-state index is 0.0839. The molecule has 6 aliphatic rings. The molecule has 2 aliphatic carbocycles. The summed E-state index contributed by atoms with van der Waals surface area (Å²) >= 11 is 1.47.